The minimum Gasteiger partial charge on any atom is -0.320 e. The molecule has 0 unspecified atom stereocenters. The van der Waals surface area contributed by atoms with Gasteiger partial charge in [0.2, 0.25) is 0 Å². The second kappa shape index (κ2) is 6.65. The zero-order valence-corrected chi connectivity index (χ0v) is 16.7. The predicted molar refractivity (Wildman–Crippen MR) is 126 cm³/mol. The van der Waals surface area contributed by atoms with Gasteiger partial charge in [-0.05, 0) is 57.3 Å². The standard InChI is InChI=1S/C26H16N2OS/c29-26(21-7-1-2-13-27-21)28-20-12-11-17-10-9-16-5-3-6-18-15-19(22-8-4-14-30-22)25(20)24(17)23(16)18/h1-15H,(H,28,29). The first-order valence-electron chi connectivity index (χ1n) is 9.76. The summed E-state index contributed by atoms with van der Waals surface area (Å²) in [7, 11) is 0. The van der Waals surface area contributed by atoms with Crippen molar-refractivity contribution in [3.63, 3.8) is 0 Å². The lowest BCUT2D eigenvalue weighted by Crippen LogP contribution is -2.13. The monoisotopic (exact) mass is 404 g/mol. The number of amides is 1. The van der Waals surface area contributed by atoms with Crippen LogP contribution in [0.5, 0.6) is 0 Å². The molecule has 0 bridgehead atoms. The van der Waals surface area contributed by atoms with E-state index in [-0.39, 0.29) is 5.91 Å². The Hall–Kier alpha value is -3.76. The van der Waals surface area contributed by atoms with Crippen molar-refractivity contribution in [1.29, 1.82) is 0 Å². The molecule has 1 N–H and O–H groups in total. The van der Waals surface area contributed by atoms with E-state index < -0.39 is 0 Å². The first-order valence-corrected chi connectivity index (χ1v) is 10.6. The molecule has 0 saturated carbocycles. The van der Waals surface area contributed by atoms with Gasteiger partial charge in [-0.3, -0.25) is 9.78 Å². The van der Waals surface area contributed by atoms with Gasteiger partial charge >= 0.3 is 0 Å². The van der Waals surface area contributed by atoms with Crippen LogP contribution in [0, 0.1) is 0 Å². The van der Waals surface area contributed by atoms with Crippen LogP contribution in [0.3, 0.4) is 0 Å². The van der Waals surface area contributed by atoms with E-state index >= 15 is 0 Å². The lowest BCUT2D eigenvalue weighted by Gasteiger charge is -2.17. The van der Waals surface area contributed by atoms with Crippen LogP contribution in [0.4, 0.5) is 5.69 Å². The molecule has 0 aliphatic carbocycles. The summed E-state index contributed by atoms with van der Waals surface area (Å²) in [6.07, 6.45) is 1.64. The third-order valence-corrected chi connectivity index (χ3v) is 6.46. The van der Waals surface area contributed by atoms with Gasteiger partial charge in [-0.2, -0.15) is 0 Å². The molecule has 0 aliphatic rings. The molecule has 0 saturated heterocycles. The summed E-state index contributed by atoms with van der Waals surface area (Å²) in [5.41, 5.74) is 2.35. The fraction of sp³-hybridized carbons (Fsp3) is 0. The van der Waals surface area contributed by atoms with Gasteiger partial charge in [0.1, 0.15) is 5.69 Å². The zero-order chi connectivity index (χ0) is 20.1. The number of hydrogen-bond acceptors (Lipinski definition) is 3. The Kier molecular flexibility index (Phi) is 3.79. The molecule has 30 heavy (non-hydrogen) atoms. The first-order chi connectivity index (χ1) is 14.8. The Bertz CT molecular complexity index is 1520. The molecule has 0 radical (unpaired) electrons. The van der Waals surface area contributed by atoms with E-state index in [0.717, 1.165) is 16.6 Å². The molecule has 4 heteroatoms. The van der Waals surface area contributed by atoms with E-state index in [1.807, 2.05) is 18.2 Å². The Morgan fingerprint density at radius 3 is 2.40 bits per heavy atom. The summed E-state index contributed by atoms with van der Waals surface area (Å²) in [5.74, 6) is -0.206. The van der Waals surface area contributed by atoms with Gasteiger partial charge < -0.3 is 5.32 Å². The summed E-state index contributed by atoms with van der Waals surface area (Å²) in [6, 6.07) is 26.6. The van der Waals surface area contributed by atoms with Gasteiger partial charge in [-0.15, -0.1) is 11.3 Å². The molecule has 0 aliphatic heterocycles. The van der Waals surface area contributed by atoms with E-state index in [1.165, 1.54) is 31.8 Å². The third-order valence-electron chi connectivity index (χ3n) is 5.56. The summed E-state index contributed by atoms with van der Waals surface area (Å²) in [6.45, 7) is 0. The molecule has 0 atom stereocenters. The Balaban J connectivity index is 1.68. The molecule has 2 heterocycles. The van der Waals surface area contributed by atoms with Crippen LogP contribution in [0.15, 0.2) is 90.4 Å². The number of benzene rings is 4. The van der Waals surface area contributed by atoms with Crippen LogP contribution in [0.1, 0.15) is 10.5 Å². The Labute approximate surface area is 177 Å². The van der Waals surface area contributed by atoms with Crippen molar-refractivity contribution in [2.24, 2.45) is 0 Å². The summed E-state index contributed by atoms with van der Waals surface area (Å²) in [4.78, 5) is 18.3. The number of aromatic nitrogens is 1. The zero-order valence-electron chi connectivity index (χ0n) is 15.9. The van der Waals surface area contributed by atoms with Crippen LogP contribution in [-0.2, 0) is 0 Å². The number of nitrogens with zero attached hydrogens (tertiary/aromatic N) is 1. The van der Waals surface area contributed by atoms with Crippen molar-refractivity contribution in [3.05, 3.63) is 96.1 Å². The van der Waals surface area contributed by atoms with E-state index in [2.05, 4.69) is 70.3 Å². The van der Waals surface area contributed by atoms with Crippen molar-refractivity contribution in [2.45, 2.75) is 0 Å². The lowest BCUT2D eigenvalue weighted by molar-refractivity contribution is 0.102. The van der Waals surface area contributed by atoms with Gasteiger partial charge in [0.25, 0.3) is 5.91 Å². The average molecular weight is 404 g/mol. The SMILES string of the molecule is O=C(Nc1ccc2ccc3cccc4cc(-c5cccs5)c1c2c34)c1ccccn1. The maximum Gasteiger partial charge on any atom is 0.274 e. The summed E-state index contributed by atoms with van der Waals surface area (Å²) < 4.78 is 0. The molecular formula is C26H16N2OS. The fourth-order valence-electron chi connectivity index (χ4n) is 4.26. The highest BCUT2D eigenvalue weighted by molar-refractivity contribution is 7.13. The number of carbonyl (C=O) groups excluding carboxylic acids is 1. The number of thiophene rings is 1. The van der Waals surface area contributed by atoms with E-state index in [9.17, 15) is 4.79 Å². The van der Waals surface area contributed by atoms with Gasteiger partial charge in [-0.1, -0.05) is 48.5 Å². The second-order valence-corrected chi connectivity index (χ2v) is 8.25. The van der Waals surface area contributed by atoms with Gasteiger partial charge in [0.05, 0.1) is 0 Å². The van der Waals surface area contributed by atoms with E-state index in [1.54, 1.807) is 23.6 Å². The normalized spacial score (nSPS) is 11.5. The summed E-state index contributed by atoms with van der Waals surface area (Å²) in [5, 5.41) is 12.3. The van der Waals surface area contributed by atoms with E-state index in [0.29, 0.717) is 5.69 Å². The third kappa shape index (κ3) is 2.58. The minimum absolute atomic E-state index is 0.206. The smallest absolute Gasteiger partial charge is 0.274 e. The van der Waals surface area contributed by atoms with Crippen LogP contribution >= 0.6 is 11.3 Å². The first kappa shape index (κ1) is 17.1. The fourth-order valence-corrected chi connectivity index (χ4v) is 5.01. The maximum absolute atomic E-state index is 12.9. The van der Waals surface area contributed by atoms with Gasteiger partial charge in [-0.25, -0.2) is 0 Å². The molecule has 3 nitrogen and oxygen atoms in total. The molecule has 4 aromatic carbocycles. The van der Waals surface area contributed by atoms with Crippen molar-refractivity contribution in [3.8, 4) is 10.4 Å². The van der Waals surface area contributed by atoms with Crippen LogP contribution in [-0.4, -0.2) is 10.9 Å². The number of nitrogens with one attached hydrogen (secondary N) is 1. The Morgan fingerprint density at radius 2 is 1.60 bits per heavy atom. The lowest BCUT2D eigenvalue weighted by atomic mass is 9.90. The average Bonchev–Trinajstić information content (AvgIpc) is 3.33. The van der Waals surface area contributed by atoms with Gasteiger partial charge in [0, 0.05) is 33.1 Å². The molecule has 6 aromatic rings. The van der Waals surface area contributed by atoms with Crippen LogP contribution in [0.25, 0.3) is 42.8 Å². The van der Waals surface area contributed by atoms with Crippen molar-refractivity contribution in [1.82, 2.24) is 4.98 Å². The molecule has 6 rings (SSSR count). The highest BCUT2D eigenvalue weighted by atomic mass is 32.1. The minimum atomic E-state index is -0.206. The number of rotatable bonds is 3. The number of carbonyl (C=O) groups is 1. The second-order valence-electron chi connectivity index (χ2n) is 7.30. The maximum atomic E-state index is 12.9. The largest absolute Gasteiger partial charge is 0.320 e. The number of anilines is 1. The number of pyridine rings is 1. The van der Waals surface area contributed by atoms with Crippen molar-refractivity contribution in [2.75, 3.05) is 5.32 Å². The number of hydrogen-bond donors (Lipinski definition) is 1. The van der Waals surface area contributed by atoms with E-state index in [4.69, 9.17) is 0 Å². The highest BCUT2D eigenvalue weighted by Crippen LogP contribution is 2.44. The molecular weight excluding hydrogens is 388 g/mol. The predicted octanol–water partition coefficient (Wildman–Crippen LogP) is 6.96. The van der Waals surface area contributed by atoms with Gasteiger partial charge in [0.15, 0.2) is 0 Å². The molecule has 0 fully saturated rings. The van der Waals surface area contributed by atoms with Crippen molar-refractivity contribution >= 4 is 55.2 Å². The van der Waals surface area contributed by atoms with Crippen molar-refractivity contribution < 1.29 is 4.79 Å². The Morgan fingerprint density at radius 1 is 0.767 bits per heavy atom. The molecule has 142 valence electrons. The molecule has 0 spiro atoms. The molecule has 1 amide bonds. The highest BCUT2D eigenvalue weighted by Gasteiger charge is 2.18. The molecule has 2 aromatic heterocycles. The van der Waals surface area contributed by atoms with Crippen LogP contribution < -0.4 is 5.32 Å². The van der Waals surface area contributed by atoms with Crippen LogP contribution in [0.2, 0.25) is 0 Å². The topological polar surface area (TPSA) is 42.0 Å². The summed E-state index contributed by atoms with van der Waals surface area (Å²) >= 11 is 1.71. The quantitative estimate of drug-likeness (QED) is 0.324.